The van der Waals surface area contributed by atoms with Gasteiger partial charge in [0.25, 0.3) is 5.91 Å². The summed E-state index contributed by atoms with van der Waals surface area (Å²) in [6.45, 7) is 0. The van der Waals surface area contributed by atoms with E-state index in [1.807, 2.05) is 0 Å². The first kappa shape index (κ1) is 16.7. The molecule has 0 aliphatic rings. The van der Waals surface area contributed by atoms with Gasteiger partial charge in [-0.05, 0) is 24.3 Å². The molecule has 0 saturated carbocycles. The molecule has 0 aliphatic carbocycles. The number of rotatable bonds is 2. The lowest BCUT2D eigenvalue weighted by Gasteiger charge is -2.13. The SMILES string of the molecule is Cn1nc(C(=O)Nc2ccccc2C(F)(F)F)c(=O)c2ccccc21. The average Bonchev–Trinajstić information content (AvgIpc) is 2.57. The van der Waals surface area contributed by atoms with E-state index >= 15 is 0 Å². The number of para-hydroxylation sites is 2. The molecule has 3 aromatic rings. The summed E-state index contributed by atoms with van der Waals surface area (Å²) in [5.74, 6) is -0.997. The summed E-state index contributed by atoms with van der Waals surface area (Å²) in [5.41, 5.74) is -2.04. The second kappa shape index (κ2) is 6.04. The molecule has 2 aromatic carbocycles. The van der Waals surface area contributed by atoms with E-state index in [1.54, 1.807) is 25.2 Å². The van der Waals surface area contributed by atoms with Gasteiger partial charge in [0.15, 0.2) is 5.69 Å². The van der Waals surface area contributed by atoms with Crippen LogP contribution in [0.5, 0.6) is 0 Å². The Bertz CT molecular complexity index is 1030. The lowest BCUT2D eigenvalue weighted by Crippen LogP contribution is -2.27. The van der Waals surface area contributed by atoms with Crippen molar-refractivity contribution in [3.05, 3.63) is 70.0 Å². The topological polar surface area (TPSA) is 64.0 Å². The zero-order valence-electron chi connectivity index (χ0n) is 13.0. The van der Waals surface area contributed by atoms with Crippen LogP contribution in [0.3, 0.4) is 0 Å². The Balaban J connectivity index is 2.05. The quantitative estimate of drug-likeness (QED) is 0.774. The third-order valence-corrected chi connectivity index (χ3v) is 3.66. The van der Waals surface area contributed by atoms with E-state index in [9.17, 15) is 22.8 Å². The molecule has 1 aromatic heterocycles. The van der Waals surface area contributed by atoms with E-state index in [0.29, 0.717) is 5.52 Å². The maximum Gasteiger partial charge on any atom is 0.418 e. The molecule has 0 radical (unpaired) electrons. The van der Waals surface area contributed by atoms with Gasteiger partial charge in [-0.15, -0.1) is 0 Å². The summed E-state index contributed by atoms with van der Waals surface area (Å²) >= 11 is 0. The molecule has 1 amide bonds. The molecule has 0 aliphatic heterocycles. The Morgan fingerprint density at radius 3 is 2.44 bits per heavy atom. The second-order valence-corrected chi connectivity index (χ2v) is 5.32. The van der Waals surface area contributed by atoms with Crippen molar-refractivity contribution in [1.29, 1.82) is 0 Å². The molecule has 5 nitrogen and oxygen atoms in total. The van der Waals surface area contributed by atoms with Gasteiger partial charge in [-0.2, -0.15) is 18.3 Å². The Labute approximate surface area is 139 Å². The fourth-order valence-corrected chi connectivity index (χ4v) is 2.49. The molecule has 1 N–H and O–H groups in total. The van der Waals surface area contributed by atoms with Crippen LogP contribution in [0.4, 0.5) is 18.9 Å². The molecular formula is C17H12F3N3O2. The van der Waals surface area contributed by atoms with E-state index in [4.69, 9.17) is 0 Å². The van der Waals surface area contributed by atoms with E-state index in [2.05, 4.69) is 10.4 Å². The van der Waals surface area contributed by atoms with Crippen LogP contribution < -0.4 is 10.7 Å². The number of nitrogens with one attached hydrogen (secondary N) is 1. The minimum absolute atomic E-state index is 0.259. The molecule has 128 valence electrons. The molecular weight excluding hydrogens is 335 g/mol. The van der Waals surface area contributed by atoms with E-state index in [0.717, 1.165) is 12.1 Å². The minimum atomic E-state index is -4.63. The number of nitrogens with zero attached hydrogens (tertiary/aromatic N) is 2. The van der Waals surface area contributed by atoms with E-state index in [-0.39, 0.29) is 5.39 Å². The number of fused-ring (bicyclic) bond motifs is 1. The molecule has 0 spiro atoms. The number of carbonyl (C=O) groups excluding carboxylic acids is 1. The third-order valence-electron chi connectivity index (χ3n) is 3.66. The van der Waals surface area contributed by atoms with Gasteiger partial charge in [-0.1, -0.05) is 24.3 Å². The number of aryl methyl sites for hydroxylation is 1. The summed E-state index contributed by atoms with van der Waals surface area (Å²) in [4.78, 5) is 24.8. The summed E-state index contributed by atoms with van der Waals surface area (Å²) in [6, 6.07) is 11.1. The van der Waals surface area contributed by atoms with Crippen LogP contribution in [0.1, 0.15) is 16.1 Å². The molecule has 0 unspecified atom stereocenters. The number of halogens is 3. The van der Waals surface area contributed by atoms with Crippen LogP contribution in [-0.2, 0) is 13.2 Å². The van der Waals surface area contributed by atoms with Crippen molar-refractivity contribution >= 4 is 22.5 Å². The minimum Gasteiger partial charge on any atom is -0.320 e. The number of carbonyl (C=O) groups is 1. The van der Waals surface area contributed by atoms with Gasteiger partial charge in [-0.25, -0.2) is 0 Å². The maximum absolute atomic E-state index is 13.0. The predicted octanol–water partition coefficient (Wildman–Crippen LogP) is 3.20. The zero-order valence-corrected chi connectivity index (χ0v) is 13.0. The van der Waals surface area contributed by atoms with Crippen molar-refractivity contribution in [2.24, 2.45) is 7.05 Å². The molecule has 0 bridgehead atoms. The molecule has 25 heavy (non-hydrogen) atoms. The summed E-state index contributed by atoms with van der Waals surface area (Å²) in [5, 5.41) is 6.29. The van der Waals surface area contributed by atoms with Gasteiger partial charge in [0.05, 0.1) is 16.8 Å². The zero-order chi connectivity index (χ0) is 18.2. The smallest absolute Gasteiger partial charge is 0.320 e. The predicted molar refractivity (Wildman–Crippen MR) is 86.4 cm³/mol. The number of benzene rings is 2. The fourth-order valence-electron chi connectivity index (χ4n) is 2.49. The van der Waals surface area contributed by atoms with Gasteiger partial charge in [0, 0.05) is 12.4 Å². The van der Waals surface area contributed by atoms with Crippen molar-refractivity contribution in [3.63, 3.8) is 0 Å². The molecule has 0 fully saturated rings. The van der Waals surface area contributed by atoms with Crippen molar-refractivity contribution in [3.8, 4) is 0 Å². The normalized spacial score (nSPS) is 11.5. The first-order valence-electron chi connectivity index (χ1n) is 7.22. The summed E-state index contributed by atoms with van der Waals surface area (Å²) < 4.78 is 40.4. The number of anilines is 1. The highest BCUT2D eigenvalue weighted by atomic mass is 19.4. The summed E-state index contributed by atoms with van der Waals surface area (Å²) in [6.07, 6.45) is -4.63. The first-order chi connectivity index (χ1) is 11.8. The number of aromatic nitrogens is 2. The highest BCUT2D eigenvalue weighted by Crippen LogP contribution is 2.34. The maximum atomic E-state index is 13.0. The van der Waals surface area contributed by atoms with Crippen LogP contribution in [-0.4, -0.2) is 15.7 Å². The van der Waals surface area contributed by atoms with Crippen molar-refractivity contribution in [1.82, 2.24) is 9.78 Å². The molecule has 0 atom stereocenters. The fraction of sp³-hybridized carbons (Fsp3) is 0.118. The van der Waals surface area contributed by atoms with Crippen molar-refractivity contribution in [2.45, 2.75) is 6.18 Å². The molecule has 3 rings (SSSR count). The summed E-state index contributed by atoms with van der Waals surface area (Å²) in [7, 11) is 1.54. The Morgan fingerprint density at radius 2 is 1.72 bits per heavy atom. The van der Waals surface area contributed by atoms with Crippen LogP contribution >= 0.6 is 0 Å². The van der Waals surface area contributed by atoms with Crippen molar-refractivity contribution in [2.75, 3.05) is 5.32 Å². The van der Waals surface area contributed by atoms with E-state index in [1.165, 1.54) is 22.9 Å². The third kappa shape index (κ3) is 3.10. The second-order valence-electron chi connectivity index (χ2n) is 5.32. The van der Waals surface area contributed by atoms with Gasteiger partial charge in [0.2, 0.25) is 5.43 Å². The number of hydrogen-bond donors (Lipinski definition) is 1. The largest absolute Gasteiger partial charge is 0.418 e. The lowest BCUT2D eigenvalue weighted by atomic mass is 10.1. The Morgan fingerprint density at radius 1 is 1.08 bits per heavy atom. The standard InChI is InChI=1S/C17H12F3N3O2/c1-23-13-9-5-2-6-10(13)15(24)14(22-23)16(25)21-12-8-4-3-7-11(12)17(18,19)20/h2-9H,1H3,(H,21,25). The van der Waals surface area contributed by atoms with Gasteiger partial charge >= 0.3 is 6.18 Å². The highest BCUT2D eigenvalue weighted by molar-refractivity contribution is 6.04. The highest BCUT2D eigenvalue weighted by Gasteiger charge is 2.34. The molecule has 8 heteroatoms. The molecule has 0 saturated heterocycles. The lowest BCUT2D eigenvalue weighted by molar-refractivity contribution is -0.136. The first-order valence-corrected chi connectivity index (χ1v) is 7.22. The Hall–Kier alpha value is -3.16. The van der Waals surface area contributed by atoms with Gasteiger partial charge < -0.3 is 5.32 Å². The number of amides is 1. The van der Waals surface area contributed by atoms with E-state index < -0.39 is 34.5 Å². The van der Waals surface area contributed by atoms with Crippen LogP contribution in [0.2, 0.25) is 0 Å². The molecule has 1 heterocycles. The van der Waals surface area contributed by atoms with Crippen LogP contribution in [0.25, 0.3) is 10.9 Å². The van der Waals surface area contributed by atoms with Crippen molar-refractivity contribution < 1.29 is 18.0 Å². The number of hydrogen-bond acceptors (Lipinski definition) is 3. The monoisotopic (exact) mass is 347 g/mol. The van der Waals surface area contributed by atoms with Crippen LogP contribution in [0, 0.1) is 0 Å². The van der Waals surface area contributed by atoms with Gasteiger partial charge in [-0.3, -0.25) is 14.3 Å². The number of alkyl halides is 3. The average molecular weight is 347 g/mol. The van der Waals surface area contributed by atoms with Gasteiger partial charge in [0.1, 0.15) is 0 Å². The Kier molecular flexibility index (Phi) is 4.03. The van der Waals surface area contributed by atoms with Crippen LogP contribution in [0.15, 0.2) is 53.3 Å².